The molecule has 3 aromatic carbocycles. The van der Waals surface area contributed by atoms with Crippen LogP contribution < -0.4 is 14.4 Å². The summed E-state index contributed by atoms with van der Waals surface area (Å²) in [6.45, 7) is 4.76. The van der Waals surface area contributed by atoms with E-state index in [0.29, 0.717) is 46.0 Å². The molecule has 186 valence electrons. The molecular formula is C28H21ClN2O5S. The van der Waals surface area contributed by atoms with Gasteiger partial charge in [0.05, 0.1) is 21.8 Å². The standard InChI is InChI=1S/C28H21ClN2O5S/c1-14-10-15(2)23-21(11-14)37-28(30-23)31-24(16-4-3-5-18(29)12-16)22(26(33)27(31)34)25(32)17-6-7-19-20(13-17)36-9-8-35-19/h3-7,10-13,24,32H,8-9H2,1-2H3/b25-22+/t24-/m1/s1. The molecule has 1 saturated heterocycles. The first-order chi connectivity index (χ1) is 17.8. The van der Waals surface area contributed by atoms with E-state index in [4.69, 9.17) is 26.1 Å². The van der Waals surface area contributed by atoms with E-state index < -0.39 is 17.7 Å². The van der Waals surface area contributed by atoms with Crippen LogP contribution in [0.3, 0.4) is 0 Å². The lowest BCUT2D eigenvalue weighted by atomic mass is 9.95. The summed E-state index contributed by atoms with van der Waals surface area (Å²) in [5, 5.41) is 12.2. The number of aryl methyl sites for hydroxylation is 2. The van der Waals surface area contributed by atoms with E-state index in [1.165, 1.54) is 16.2 Å². The Bertz CT molecular complexity index is 1640. The summed E-state index contributed by atoms with van der Waals surface area (Å²) in [6, 6.07) is 14.9. The molecule has 0 saturated carbocycles. The van der Waals surface area contributed by atoms with Crippen molar-refractivity contribution < 1.29 is 24.2 Å². The summed E-state index contributed by atoms with van der Waals surface area (Å²) in [5.74, 6) is -0.867. The molecular weight excluding hydrogens is 512 g/mol. The number of ether oxygens (including phenoxy) is 2. The van der Waals surface area contributed by atoms with E-state index >= 15 is 0 Å². The number of ketones is 1. The average molecular weight is 533 g/mol. The third kappa shape index (κ3) is 3.93. The Kier molecular flexibility index (Phi) is 5.66. The van der Waals surface area contributed by atoms with Gasteiger partial charge in [-0.15, -0.1) is 0 Å². The van der Waals surface area contributed by atoms with Gasteiger partial charge in [-0.1, -0.05) is 41.1 Å². The van der Waals surface area contributed by atoms with Crippen LogP contribution in [0, 0.1) is 13.8 Å². The van der Waals surface area contributed by atoms with Gasteiger partial charge in [0.2, 0.25) is 0 Å². The first kappa shape index (κ1) is 23.5. The number of aliphatic hydroxyl groups is 1. The minimum absolute atomic E-state index is 0.0453. The van der Waals surface area contributed by atoms with Gasteiger partial charge in [-0.2, -0.15) is 0 Å². The summed E-state index contributed by atoms with van der Waals surface area (Å²) < 4.78 is 12.1. The highest BCUT2D eigenvalue weighted by atomic mass is 35.5. The second-order valence-electron chi connectivity index (χ2n) is 9.01. The second kappa shape index (κ2) is 8.90. The van der Waals surface area contributed by atoms with Crippen molar-refractivity contribution in [2.24, 2.45) is 0 Å². The predicted molar refractivity (Wildman–Crippen MR) is 143 cm³/mol. The minimum atomic E-state index is -0.922. The summed E-state index contributed by atoms with van der Waals surface area (Å²) in [4.78, 5) is 33.1. The third-order valence-electron chi connectivity index (χ3n) is 6.45. The smallest absolute Gasteiger partial charge is 0.301 e. The lowest BCUT2D eigenvalue weighted by molar-refractivity contribution is -0.132. The van der Waals surface area contributed by atoms with Crippen LogP contribution in [0.4, 0.5) is 5.13 Å². The van der Waals surface area contributed by atoms with Gasteiger partial charge in [-0.3, -0.25) is 14.5 Å². The molecule has 1 N–H and O–H groups in total. The normalized spacial score (nSPS) is 18.6. The van der Waals surface area contributed by atoms with Crippen LogP contribution in [0.1, 0.15) is 28.3 Å². The van der Waals surface area contributed by atoms with Crippen LogP contribution >= 0.6 is 22.9 Å². The summed E-state index contributed by atoms with van der Waals surface area (Å²) in [5.41, 5.74) is 3.69. The van der Waals surface area contributed by atoms with Crippen molar-refractivity contribution >= 4 is 55.7 Å². The van der Waals surface area contributed by atoms with Crippen LogP contribution in [-0.2, 0) is 9.59 Å². The molecule has 1 amide bonds. The van der Waals surface area contributed by atoms with E-state index in [-0.39, 0.29) is 11.3 Å². The minimum Gasteiger partial charge on any atom is -0.507 e. The molecule has 0 radical (unpaired) electrons. The molecule has 37 heavy (non-hydrogen) atoms. The molecule has 1 aromatic heterocycles. The molecule has 9 heteroatoms. The Balaban J connectivity index is 1.55. The molecule has 0 spiro atoms. The fourth-order valence-electron chi connectivity index (χ4n) is 4.83. The number of fused-ring (bicyclic) bond motifs is 2. The number of amides is 1. The van der Waals surface area contributed by atoms with Crippen molar-refractivity contribution in [1.82, 2.24) is 4.98 Å². The van der Waals surface area contributed by atoms with Crippen LogP contribution in [0.5, 0.6) is 11.5 Å². The number of aromatic nitrogens is 1. The highest BCUT2D eigenvalue weighted by Gasteiger charge is 2.48. The van der Waals surface area contributed by atoms with Gasteiger partial charge >= 0.3 is 5.91 Å². The molecule has 1 fully saturated rings. The number of nitrogens with zero attached hydrogens (tertiary/aromatic N) is 2. The first-order valence-corrected chi connectivity index (χ1v) is 12.9. The predicted octanol–water partition coefficient (Wildman–Crippen LogP) is 5.96. The third-order valence-corrected chi connectivity index (χ3v) is 7.69. The van der Waals surface area contributed by atoms with Crippen LogP contribution in [0.15, 0.2) is 60.2 Å². The highest BCUT2D eigenvalue weighted by Crippen LogP contribution is 2.45. The van der Waals surface area contributed by atoms with E-state index in [1.807, 2.05) is 26.0 Å². The molecule has 2 aliphatic rings. The summed E-state index contributed by atoms with van der Waals surface area (Å²) in [7, 11) is 0. The van der Waals surface area contributed by atoms with Gasteiger partial charge in [0.15, 0.2) is 16.6 Å². The van der Waals surface area contributed by atoms with E-state index in [1.54, 1.807) is 42.5 Å². The maximum Gasteiger partial charge on any atom is 0.301 e. The fourth-order valence-corrected chi connectivity index (χ4v) is 6.20. The molecule has 1 atom stereocenters. The molecule has 0 unspecified atom stereocenters. The Morgan fingerprint density at radius 2 is 1.84 bits per heavy atom. The Morgan fingerprint density at radius 1 is 1.05 bits per heavy atom. The van der Waals surface area contributed by atoms with Gasteiger partial charge in [-0.25, -0.2) is 4.98 Å². The number of Topliss-reactive ketones (excluding diaryl/α,β-unsaturated/α-hetero) is 1. The largest absolute Gasteiger partial charge is 0.507 e. The van der Waals surface area contributed by atoms with Crippen LogP contribution in [-0.4, -0.2) is 35.0 Å². The molecule has 0 aliphatic carbocycles. The quantitative estimate of drug-likeness (QED) is 0.199. The number of anilines is 1. The Labute approximate surface area is 221 Å². The van der Waals surface area contributed by atoms with Crippen molar-refractivity contribution in [2.45, 2.75) is 19.9 Å². The zero-order chi connectivity index (χ0) is 25.8. The molecule has 6 rings (SSSR count). The molecule has 0 bridgehead atoms. The maximum absolute atomic E-state index is 13.5. The van der Waals surface area contributed by atoms with E-state index in [0.717, 1.165) is 21.3 Å². The van der Waals surface area contributed by atoms with Crippen LogP contribution in [0.2, 0.25) is 5.02 Å². The van der Waals surface area contributed by atoms with Crippen molar-refractivity contribution in [3.63, 3.8) is 0 Å². The Morgan fingerprint density at radius 3 is 2.62 bits per heavy atom. The van der Waals surface area contributed by atoms with Gasteiger partial charge in [0.1, 0.15) is 19.0 Å². The average Bonchev–Trinajstić information content (AvgIpc) is 3.42. The lowest BCUT2D eigenvalue weighted by Crippen LogP contribution is -2.29. The van der Waals surface area contributed by atoms with Crippen molar-refractivity contribution in [3.8, 4) is 11.5 Å². The lowest BCUT2D eigenvalue weighted by Gasteiger charge is -2.23. The number of carbonyl (C=O) groups is 2. The zero-order valence-corrected chi connectivity index (χ0v) is 21.5. The van der Waals surface area contributed by atoms with Crippen molar-refractivity contribution in [3.05, 3.63) is 87.4 Å². The maximum atomic E-state index is 13.5. The molecule has 7 nitrogen and oxygen atoms in total. The second-order valence-corrected chi connectivity index (χ2v) is 10.5. The van der Waals surface area contributed by atoms with Gasteiger partial charge in [-0.05, 0) is 66.9 Å². The van der Waals surface area contributed by atoms with E-state index in [2.05, 4.69) is 0 Å². The first-order valence-electron chi connectivity index (χ1n) is 11.7. The number of hydrogen-bond acceptors (Lipinski definition) is 7. The topological polar surface area (TPSA) is 89.0 Å². The van der Waals surface area contributed by atoms with Crippen molar-refractivity contribution in [2.75, 3.05) is 18.1 Å². The van der Waals surface area contributed by atoms with Crippen molar-refractivity contribution in [1.29, 1.82) is 0 Å². The van der Waals surface area contributed by atoms with E-state index in [9.17, 15) is 14.7 Å². The van der Waals surface area contributed by atoms with Gasteiger partial charge < -0.3 is 14.6 Å². The number of thiazole rings is 1. The summed E-state index contributed by atoms with van der Waals surface area (Å²) >= 11 is 7.63. The van der Waals surface area contributed by atoms with Gasteiger partial charge in [0, 0.05) is 10.6 Å². The van der Waals surface area contributed by atoms with Gasteiger partial charge in [0.25, 0.3) is 5.78 Å². The van der Waals surface area contributed by atoms with Crippen LogP contribution in [0.25, 0.3) is 16.0 Å². The fraction of sp³-hybridized carbons (Fsp3) is 0.179. The number of halogens is 1. The highest BCUT2D eigenvalue weighted by molar-refractivity contribution is 7.22. The number of rotatable bonds is 3. The zero-order valence-electron chi connectivity index (χ0n) is 19.9. The monoisotopic (exact) mass is 532 g/mol. The Hall–Kier alpha value is -3.88. The number of aliphatic hydroxyl groups excluding tert-OH is 1. The molecule has 2 aliphatic heterocycles. The number of benzene rings is 3. The number of carbonyl (C=O) groups excluding carboxylic acids is 2. The SMILES string of the molecule is Cc1cc(C)c2nc(N3C(=O)C(=O)/C(=C(/O)c4ccc5c(c4)OCCO5)[C@H]3c3cccc(Cl)c3)sc2c1. The molecule has 3 heterocycles. The summed E-state index contributed by atoms with van der Waals surface area (Å²) in [6.07, 6.45) is 0. The number of hydrogen-bond donors (Lipinski definition) is 1. The molecule has 4 aromatic rings.